The lowest BCUT2D eigenvalue weighted by Gasteiger charge is -2.30. The van der Waals surface area contributed by atoms with E-state index in [1.807, 2.05) is 11.3 Å². The van der Waals surface area contributed by atoms with E-state index in [9.17, 15) is 0 Å². The van der Waals surface area contributed by atoms with Gasteiger partial charge in [-0.3, -0.25) is 9.80 Å². The van der Waals surface area contributed by atoms with Crippen molar-refractivity contribution in [2.24, 2.45) is 0 Å². The van der Waals surface area contributed by atoms with Gasteiger partial charge < -0.3 is 4.98 Å². The summed E-state index contributed by atoms with van der Waals surface area (Å²) in [5.41, 5.74) is 3.77. The van der Waals surface area contributed by atoms with Crippen LogP contribution >= 0.6 is 11.3 Å². The van der Waals surface area contributed by atoms with Crippen molar-refractivity contribution < 1.29 is 0 Å². The summed E-state index contributed by atoms with van der Waals surface area (Å²) in [6.07, 6.45) is 5.14. The summed E-state index contributed by atoms with van der Waals surface area (Å²) in [5.74, 6) is 1.75. The van der Waals surface area contributed by atoms with Crippen molar-refractivity contribution in [2.45, 2.75) is 44.7 Å². The van der Waals surface area contributed by atoms with Crippen molar-refractivity contribution in [3.05, 3.63) is 52.0 Å². The zero-order valence-corrected chi connectivity index (χ0v) is 16.7. The first kappa shape index (κ1) is 17.4. The molecule has 4 heterocycles. The highest BCUT2D eigenvalue weighted by atomic mass is 32.1. The average molecular weight is 381 g/mol. The molecular formula is C22H28N4S. The molecule has 2 aliphatic heterocycles. The molecule has 2 fully saturated rings. The Balaban J connectivity index is 1.15. The molecule has 0 bridgehead atoms. The number of nitrogens with one attached hydrogen (secondary N) is 1. The molecule has 5 rings (SSSR count). The number of H-pyrrole nitrogens is 1. The summed E-state index contributed by atoms with van der Waals surface area (Å²) in [7, 11) is 0. The fraction of sp³-hybridized carbons (Fsp3) is 0.500. The number of hydrogen-bond acceptors (Lipinski definition) is 4. The molecule has 1 N–H and O–H groups in total. The van der Waals surface area contributed by atoms with Gasteiger partial charge in [0.15, 0.2) is 0 Å². The number of likely N-dealkylation sites (tertiary alicyclic amines) is 2. The van der Waals surface area contributed by atoms with Crippen LogP contribution in [0.25, 0.3) is 11.0 Å². The molecule has 0 radical (unpaired) electrons. The lowest BCUT2D eigenvalue weighted by Crippen LogP contribution is -2.32. The van der Waals surface area contributed by atoms with E-state index in [1.54, 1.807) is 0 Å². The zero-order chi connectivity index (χ0) is 18.1. The molecule has 0 atom stereocenters. The maximum Gasteiger partial charge on any atom is 0.110 e. The molecule has 0 amide bonds. The molecule has 5 heteroatoms. The largest absolute Gasteiger partial charge is 0.342 e. The predicted molar refractivity (Wildman–Crippen MR) is 112 cm³/mol. The highest BCUT2D eigenvalue weighted by Crippen LogP contribution is 2.29. The first-order valence-corrected chi connectivity index (χ1v) is 11.2. The number of piperidine rings is 1. The Morgan fingerprint density at radius 1 is 1.00 bits per heavy atom. The Kier molecular flexibility index (Phi) is 4.99. The van der Waals surface area contributed by atoms with Gasteiger partial charge in [-0.2, -0.15) is 0 Å². The summed E-state index contributed by atoms with van der Waals surface area (Å²) in [5, 5.41) is 2.37. The summed E-state index contributed by atoms with van der Waals surface area (Å²) in [4.78, 5) is 15.1. The monoisotopic (exact) mass is 380 g/mol. The van der Waals surface area contributed by atoms with E-state index < -0.39 is 0 Å². The minimum Gasteiger partial charge on any atom is -0.342 e. The third-order valence-corrected chi connectivity index (χ3v) is 7.04. The fourth-order valence-electron chi connectivity index (χ4n) is 4.54. The molecule has 27 heavy (non-hydrogen) atoms. The summed E-state index contributed by atoms with van der Waals surface area (Å²) in [6.45, 7) is 7.14. The second-order valence-corrected chi connectivity index (χ2v) is 9.09. The van der Waals surface area contributed by atoms with E-state index in [2.05, 4.69) is 50.5 Å². The van der Waals surface area contributed by atoms with Gasteiger partial charge in [-0.1, -0.05) is 12.1 Å². The van der Waals surface area contributed by atoms with Gasteiger partial charge in [0.2, 0.25) is 0 Å². The van der Waals surface area contributed by atoms with E-state index in [-0.39, 0.29) is 0 Å². The van der Waals surface area contributed by atoms with Gasteiger partial charge in [0.05, 0.1) is 11.0 Å². The van der Waals surface area contributed by atoms with Gasteiger partial charge >= 0.3 is 0 Å². The van der Waals surface area contributed by atoms with Crippen LogP contribution in [-0.2, 0) is 13.1 Å². The third-order valence-electron chi connectivity index (χ3n) is 6.07. The molecule has 1 aromatic carbocycles. The van der Waals surface area contributed by atoms with Crippen LogP contribution in [0.4, 0.5) is 0 Å². The summed E-state index contributed by atoms with van der Waals surface area (Å²) in [6, 6.07) is 10.8. The smallest absolute Gasteiger partial charge is 0.110 e. The standard InChI is InChI=1S/C22H28N4S/c1-2-6-21-20(5-1)23-22(24-21)18-7-11-26(12-8-18)15-19-13-17(16-27-19)14-25-9-3-4-10-25/h1-2,5-6,13,16,18H,3-4,7-12,14-15H2,(H,23,24). The second kappa shape index (κ2) is 7.74. The van der Waals surface area contributed by atoms with Crippen LogP contribution in [0.3, 0.4) is 0 Å². The van der Waals surface area contributed by atoms with E-state index in [0.29, 0.717) is 5.92 Å². The number of aromatic amines is 1. The summed E-state index contributed by atoms with van der Waals surface area (Å²) < 4.78 is 0. The number of rotatable bonds is 5. The maximum absolute atomic E-state index is 4.82. The normalized spacial score (nSPS) is 20.0. The van der Waals surface area contributed by atoms with Crippen molar-refractivity contribution in [1.29, 1.82) is 0 Å². The van der Waals surface area contributed by atoms with Crippen LogP contribution in [0.2, 0.25) is 0 Å². The SMILES string of the molecule is c1ccc2[nH]c(C3CCN(Cc4cc(CN5CCCC5)cs4)CC3)nc2c1. The molecular weight excluding hydrogens is 352 g/mol. The molecule has 4 nitrogen and oxygen atoms in total. The van der Waals surface area contributed by atoms with E-state index in [0.717, 1.165) is 18.6 Å². The Hall–Kier alpha value is -1.69. The minimum absolute atomic E-state index is 0.572. The Bertz CT molecular complexity index is 851. The van der Waals surface area contributed by atoms with Crippen LogP contribution in [0.1, 0.15) is 47.9 Å². The molecule has 2 aliphatic rings. The number of para-hydroxylation sites is 2. The average Bonchev–Trinajstić information content (AvgIpc) is 3.43. The van der Waals surface area contributed by atoms with Crippen molar-refractivity contribution >= 4 is 22.4 Å². The Morgan fingerprint density at radius 2 is 1.78 bits per heavy atom. The lowest BCUT2D eigenvalue weighted by atomic mass is 9.96. The van der Waals surface area contributed by atoms with Crippen molar-refractivity contribution in [3.63, 3.8) is 0 Å². The number of nitrogens with zero attached hydrogens (tertiary/aromatic N) is 3. The van der Waals surface area contributed by atoms with Gasteiger partial charge in [-0.15, -0.1) is 11.3 Å². The first-order valence-electron chi connectivity index (χ1n) is 10.3. The molecule has 0 spiro atoms. The van der Waals surface area contributed by atoms with E-state index in [4.69, 9.17) is 4.98 Å². The molecule has 2 saturated heterocycles. The number of aromatic nitrogens is 2. The zero-order valence-electron chi connectivity index (χ0n) is 15.9. The fourth-order valence-corrected chi connectivity index (χ4v) is 5.46. The lowest BCUT2D eigenvalue weighted by molar-refractivity contribution is 0.203. The highest BCUT2D eigenvalue weighted by Gasteiger charge is 2.23. The van der Waals surface area contributed by atoms with Gasteiger partial charge in [-0.05, 0) is 81.0 Å². The first-order chi connectivity index (χ1) is 13.3. The number of imidazole rings is 1. The van der Waals surface area contributed by atoms with E-state index in [1.165, 1.54) is 73.6 Å². The molecule has 0 unspecified atom stereocenters. The Labute approximate surface area is 165 Å². The maximum atomic E-state index is 4.82. The second-order valence-electron chi connectivity index (χ2n) is 8.09. The Morgan fingerprint density at radius 3 is 2.59 bits per heavy atom. The van der Waals surface area contributed by atoms with Crippen LogP contribution < -0.4 is 0 Å². The predicted octanol–water partition coefficient (Wildman–Crippen LogP) is 4.60. The van der Waals surface area contributed by atoms with Crippen LogP contribution in [0.15, 0.2) is 35.7 Å². The van der Waals surface area contributed by atoms with E-state index >= 15 is 0 Å². The topological polar surface area (TPSA) is 35.2 Å². The summed E-state index contributed by atoms with van der Waals surface area (Å²) >= 11 is 1.94. The van der Waals surface area contributed by atoms with Crippen LogP contribution in [0.5, 0.6) is 0 Å². The number of hydrogen-bond donors (Lipinski definition) is 1. The van der Waals surface area contributed by atoms with Gasteiger partial charge in [0, 0.05) is 23.9 Å². The molecule has 142 valence electrons. The quantitative estimate of drug-likeness (QED) is 0.703. The van der Waals surface area contributed by atoms with Gasteiger partial charge in [0.25, 0.3) is 0 Å². The van der Waals surface area contributed by atoms with Crippen molar-refractivity contribution in [2.75, 3.05) is 26.2 Å². The minimum atomic E-state index is 0.572. The number of fused-ring (bicyclic) bond motifs is 1. The number of benzene rings is 1. The molecule has 2 aromatic heterocycles. The van der Waals surface area contributed by atoms with Gasteiger partial charge in [-0.25, -0.2) is 4.98 Å². The van der Waals surface area contributed by atoms with Crippen LogP contribution in [-0.4, -0.2) is 45.9 Å². The third kappa shape index (κ3) is 3.96. The number of thiophene rings is 1. The van der Waals surface area contributed by atoms with Crippen molar-refractivity contribution in [1.82, 2.24) is 19.8 Å². The molecule has 0 saturated carbocycles. The highest BCUT2D eigenvalue weighted by molar-refractivity contribution is 7.10. The molecule has 3 aromatic rings. The van der Waals surface area contributed by atoms with Gasteiger partial charge in [0.1, 0.15) is 5.82 Å². The van der Waals surface area contributed by atoms with Crippen molar-refractivity contribution in [3.8, 4) is 0 Å². The molecule has 0 aliphatic carbocycles. The van der Waals surface area contributed by atoms with Crippen LogP contribution in [0, 0.1) is 0 Å².